The number of aliphatic hydroxyl groups is 1. The summed E-state index contributed by atoms with van der Waals surface area (Å²) in [5.74, 6) is -0.285. The zero-order valence-corrected chi connectivity index (χ0v) is 10.4. The van der Waals surface area contributed by atoms with Gasteiger partial charge in [-0.05, 0) is 26.3 Å². The second-order valence-corrected chi connectivity index (χ2v) is 4.37. The molecule has 1 atom stereocenters. The van der Waals surface area contributed by atoms with Crippen LogP contribution in [0.2, 0.25) is 0 Å². The minimum atomic E-state index is -0.320. The van der Waals surface area contributed by atoms with Gasteiger partial charge >= 0.3 is 5.97 Å². The van der Waals surface area contributed by atoms with E-state index in [1.165, 1.54) is 0 Å². The van der Waals surface area contributed by atoms with Gasteiger partial charge in [-0.25, -0.2) is 0 Å². The number of hydrogen-bond donors (Lipinski definition) is 1. The van der Waals surface area contributed by atoms with Gasteiger partial charge in [-0.1, -0.05) is 0 Å². The van der Waals surface area contributed by atoms with Gasteiger partial charge in [-0.2, -0.15) is 0 Å². The van der Waals surface area contributed by atoms with Gasteiger partial charge in [0.05, 0.1) is 25.7 Å². The van der Waals surface area contributed by atoms with Crippen LogP contribution in [0.25, 0.3) is 0 Å². The minimum Gasteiger partial charge on any atom is -0.466 e. The highest BCUT2D eigenvalue weighted by atomic mass is 16.5. The SMILES string of the molecule is CCOC(=O)CCC(=O)CN1CCCC(O)C1. The molecule has 0 aliphatic carbocycles. The summed E-state index contributed by atoms with van der Waals surface area (Å²) >= 11 is 0. The van der Waals surface area contributed by atoms with Crippen LogP contribution in [0.4, 0.5) is 0 Å². The molecule has 0 aromatic rings. The number of aliphatic hydroxyl groups excluding tert-OH is 1. The van der Waals surface area contributed by atoms with Crippen LogP contribution in [-0.4, -0.2) is 54.1 Å². The van der Waals surface area contributed by atoms with Crippen molar-refractivity contribution in [2.75, 3.05) is 26.2 Å². The summed E-state index contributed by atoms with van der Waals surface area (Å²) in [6.07, 6.45) is 1.80. The van der Waals surface area contributed by atoms with Crippen molar-refractivity contribution >= 4 is 11.8 Å². The second-order valence-electron chi connectivity index (χ2n) is 4.37. The first-order chi connectivity index (χ1) is 8.11. The Hall–Kier alpha value is -0.940. The van der Waals surface area contributed by atoms with Crippen molar-refractivity contribution in [3.63, 3.8) is 0 Å². The summed E-state index contributed by atoms with van der Waals surface area (Å²) < 4.78 is 4.75. The second kappa shape index (κ2) is 7.40. The van der Waals surface area contributed by atoms with E-state index in [0.717, 1.165) is 19.4 Å². The van der Waals surface area contributed by atoms with Crippen molar-refractivity contribution in [3.05, 3.63) is 0 Å². The summed E-state index contributed by atoms with van der Waals surface area (Å²) in [4.78, 5) is 24.6. The van der Waals surface area contributed by atoms with E-state index in [9.17, 15) is 14.7 Å². The van der Waals surface area contributed by atoms with E-state index in [1.807, 2.05) is 4.90 Å². The number of β-amino-alcohol motifs (C(OH)–C–C–N with tert-alkyl or cyclic N) is 1. The highest BCUT2D eigenvalue weighted by Crippen LogP contribution is 2.09. The summed E-state index contributed by atoms with van der Waals surface area (Å²) in [6, 6.07) is 0. The molecule has 0 aromatic heterocycles. The average Bonchev–Trinajstić information content (AvgIpc) is 2.27. The fraction of sp³-hybridized carbons (Fsp3) is 0.833. The maximum Gasteiger partial charge on any atom is 0.306 e. The van der Waals surface area contributed by atoms with Gasteiger partial charge in [0.25, 0.3) is 0 Å². The molecule has 0 radical (unpaired) electrons. The van der Waals surface area contributed by atoms with Gasteiger partial charge in [-0.3, -0.25) is 14.5 Å². The fourth-order valence-electron chi connectivity index (χ4n) is 1.98. The number of piperidine rings is 1. The minimum absolute atomic E-state index is 0.0344. The first-order valence-corrected chi connectivity index (χ1v) is 6.19. The van der Waals surface area contributed by atoms with Crippen molar-refractivity contribution in [2.24, 2.45) is 0 Å². The maximum absolute atomic E-state index is 11.6. The van der Waals surface area contributed by atoms with E-state index in [2.05, 4.69) is 0 Å². The number of esters is 1. The van der Waals surface area contributed by atoms with Crippen LogP contribution in [-0.2, 0) is 14.3 Å². The molecular weight excluding hydrogens is 222 g/mol. The average molecular weight is 243 g/mol. The van der Waals surface area contributed by atoms with Gasteiger partial charge in [0.1, 0.15) is 5.78 Å². The predicted molar refractivity (Wildman–Crippen MR) is 62.6 cm³/mol. The molecule has 1 aliphatic rings. The van der Waals surface area contributed by atoms with Crippen molar-refractivity contribution < 1.29 is 19.4 Å². The molecule has 17 heavy (non-hydrogen) atoms. The molecule has 0 spiro atoms. The first kappa shape index (κ1) is 14.1. The highest BCUT2D eigenvalue weighted by molar-refractivity contribution is 5.84. The van der Waals surface area contributed by atoms with Crippen molar-refractivity contribution in [3.8, 4) is 0 Å². The largest absolute Gasteiger partial charge is 0.466 e. The Balaban J connectivity index is 2.18. The third-order valence-electron chi connectivity index (χ3n) is 2.79. The van der Waals surface area contributed by atoms with Crippen LogP contribution < -0.4 is 0 Å². The lowest BCUT2D eigenvalue weighted by Crippen LogP contribution is -2.41. The maximum atomic E-state index is 11.6. The number of carbonyl (C=O) groups excluding carboxylic acids is 2. The predicted octanol–water partition coefficient (Wildman–Crippen LogP) is 0.355. The normalized spacial score (nSPS) is 21.2. The summed E-state index contributed by atoms with van der Waals surface area (Å²) in [5.41, 5.74) is 0. The molecule has 5 nitrogen and oxygen atoms in total. The molecule has 0 saturated carbocycles. The standard InChI is InChI=1S/C12H21NO4/c1-2-17-12(16)6-5-11(15)9-13-7-3-4-10(14)8-13/h10,14H,2-9H2,1H3. The Kier molecular flexibility index (Phi) is 6.15. The topological polar surface area (TPSA) is 66.8 Å². The molecular formula is C12H21NO4. The number of carbonyl (C=O) groups is 2. The molecule has 1 fully saturated rings. The smallest absolute Gasteiger partial charge is 0.306 e. The van der Waals surface area contributed by atoms with Crippen molar-refractivity contribution in [1.29, 1.82) is 0 Å². The lowest BCUT2D eigenvalue weighted by molar-refractivity contribution is -0.144. The van der Waals surface area contributed by atoms with Gasteiger partial charge in [0.2, 0.25) is 0 Å². The number of Topliss-reactive ketones (excluding diaryl/α,β-unsaturated/α-hetero) is 1. The lowest BCUT2D eigenvalue weighted by Gasteiger charge is -2.29. The number of ether oxygens (including phenoxy) is 1. The van der Waals surface area contributed by atoms with Gasteiger partial charge in [0, 0.05) is 13.0 Å². The summed E-state index contributed by atoms with van der Waals surface area (Å²) in [6.45, 7) is 3.84. The monoisotopic (exact) mass is 243 g/mol. The summed E-state index contributed by atoms with van der Waals surface area (Å²) in [7, 11) is 0. The van der Waals surface area contributed by atoms with Crippen LogP contribution in [0.5, 0.6) is 0 Å². The van der Waals surface area contributed by atoms with Crippen LogP contribution in [0.1, 0.15) is 32.6 Å². The fourth-order valence-corrected chi connectivity index (χ4v) is 1.98. The quantitative estimate of drug-likeness (QED) is 0.682. The first-order valence-electron chi connectivity index (χ1n) is 6.19. The Morgan fingerprint density at radius 1 is 1.41 bits per heavy atom. The molecule has 1 saturated heterocycles. The number of rotatable bonds is 6. The summed E-state index contributed by atoms with van der Waals surface area (Å²) in [5, 5.41) is 9.45. The zero-order chi connectivity index (χ0) is 12.7. The number of nitrogens with zero attached hydrogens (tertiary/aromatic N) is 1. The molecule has 1 unspecified atom stereocenters. The Morgan fingerprint density at radius 2 is 2.18 bits per heavy atom. The molecule has 1 N–H and O–H groups in total. The Morgan fingerprint density at radius 3 is 2.82 bits per heavy atom. The van der Waals surface area contributed by atoms with E-state index in [4.69, 9.17) is 4.74 Å². The third kappa shape index (κ3) is 5.79. The van der Waals surface area contributed by atoms with Gasteiger partial charge in [0.15, 0.2) is 0 Å². The molecule has 0 bridgehead atoms. The van der Waals surface area contributed by atoms with E-state index in [1.54, 1.807) is 6.92 Å². The van der Waals surface area contributed by atoms with E-state index >= 15 is 0 Å². The van der Waals surface area contributed by atoms with Crippen LogP contribution >= 0.6 is 0 Å². The van der Waals surface area contributed by atoms with E-state index in [-0.39, 0.29) is 30.7 Å². The van der Waals surface area contributed by atoms with Crippen molar-refractivity contribution in [1.82, 2.24) is 4.90 Å². The molecule has 1 rings (SSSR count). The van der Waals surface area contributed by atoms with Crippen LogP contribution in [0.15, 0.2) is 0 Å². The molecule has 5 heteroatoms. The van der Waals surface area contributed by atoms with Gasteiger partial charge < -0.3 is 9.84 Å². The van der Waals surface area contributed by atoms with Gasteiger partial charge in [-0.15, -0.1) is 0 Å². The molecule has 1 heterocycles. The van der Waals surface area contributed by atoms with E-state index in [0.29, 0.717) is 19.7 Å². The van der Waals surface area contributed by atoms with Crippen LogP contribution in [0, 0.1) is 0 Å². The third-order valence-corrected chi connectivity index (χ3v) is 2.79. The molecule has 1 aliphatic heterocycles. The zero-order valence-electron chi connectivity index (χ0n) is 10.4. The Labute approximate surface area is 102 Å². The molecule has 0 aromatic carbocycles. The van der Waals surface area contributed by atoms with Crippen LogP contribution in [0.3, 0.4) is 0 Å². The highest BCUT2D eigenvalue weighted by Gasteiger charge is 2.19. The molecule has 98 valence electrons. The molecule has 0 amide bonds. The van der Waals surface area contributed by atoms with Crippen molar-refractivity contribution in [2.45, 2.75) is 38.7 Å². The number of ketones is 1. The Bertz CT molecular complexity index is 267. The number of hydrogen-bond acceptors (Lipinski definition) is 5. The van der Waals surface area contributed by atoms with E-state index < -0.39 is 0 Å². The number of likely N-dealkylation sites (tertiary alicyclic amines) is 1. The lowest BCUT2D eigenvalue weighted by atomic mass is 10.1.